The minimum Gasteiger partial charge on any atom is -0.508 e. The second-order valence-corrected chi connectivity index (χ2v) is 3.71. The molecular formula is C13H10N2O2. The van der Waals surface area contributed by atoms with Gasteiger partial charge in [0.15, 0.2) is 0 Å². The molecule has 0 aliphatic carbocycles. The minimum atomic E-state index is -0.420. The zero-order chi connectivity index (χ0) is 12.4. The van der Waals surface area contributed by atoms with Gasteiger partial charge >= 0.3 is 0 Å². The number of aromatic hydroxyl groups is 1. The maximum absolute atomic E-state index is 11.5. The Morgan fingerprint density at radius 1 is 1.41 bits per heavy atom. The second-order valence-electron chi connectivity index (χ2n) is 3.71. The lowest BCUT2D eigenvalue weighted by Gasteiger charge is -2.07. The van der Waals surface area contributed by atoms with Gasteiger partial charge in [0.1, 0.15) is 17.4 Å². The molecule has 0 aliphatic rings. The number of aryl methyl sites for hydroxylation is 1. The topological polar surface area (TPSA) is 76.9 Å². The predicted molar refractivity (Wildman–Crippen MR) is 63.6 cm³/mol. The van der Waals surface area contributed by atoms with Crippen molar-refractivity contribution in [3.05, 3.63) is 51.9 Å². The Morgan fingerprint density at radius 3 is 2.82 bits per heavy atom. The van der Waals surface area contributed by atoms with Crippen molar-refractivity contribution in [3.63, 3.8) is 0 Å². The predicted octanol–water partition coefficient (Wildman–Crippen LogP) is 1.93. The summed E-state index contributed by atoms with van der Waals surface area (Å²) >= 11 is 0. The third-order valence-electron chi connectivity index (χ3n) is 2.54. The Kier molecular flexibility index (Phi) is 2.67. The van der Waals surface area contributed by atoms with Gasteiger partial charge in [0.25, 0.3) is 5.56 Å². The molecule has 1 heterocycles. The maximum atomic E-state index is 11.5. The lowest BCUT2D eigenvalue weighted by Crippen LogP contribution is -2.12. The first-order chi connectivity index (χ1) is 8.13. The Bertz CT molecular complexity index is 666. The number of hydrogen-bond donors (Lipinski definition) is 2. The van der Waals surface area contributed by atoms with E-state index in [0.29, 0.717) is 11.1 Å². The monoisotopic (exact) mass is 226 g/mol. The summed E-state index contributed by atoms with van der Waals surface area (Å²) in [5.74, 6) is 0.103. The van der Waals surface area contributed by atoms with Crippen LogP contribution < -0.4 is 5.56 Å². The van der Waals surface area contributed by atoms with E-state index in [1.807, 2.05) is 6.07 Å². The van der Waals surface area contributed by atoms with Crippen LogP contribution in [-0.4, -0.2) is 10.1 Å². The summed E-state index contributed by atoms with van der Waals surface area (Å²) in [6.45, 7) is 1.80. The van der Waals surface area contributed by atoms with Gasteiger partial charge in [0.2, 0.25) is 0 Å². The normalized spacial score (nSPS) is 9.88. The van der Waals surface area contributed by atoms with E-state index in [-0.39, 0.29) is 11.3 Å². The molecule has 4 nitrogen and oxygen atoms in total. The van der Waals surface area contributed by atoms with Crippen molar-refractivity contribution in [1.29, 1.82) is 5.26 Å². The van der Waals surface area contributed by atoms with Crippen LogP contribution in [0.2, 0.25) is 0 Å². The summed E-state index contributed by atoms with van der Waals surface area (Å²) in [4.78, 5) is 14.0. The molecule has 0 unspecified atom stereocenters. The van der Waals surface area contributed by atoms with Crippen LogP contribution in [0.25, 0.3) is 11.1 Å². The fourth-order valence-electron chi connectivity index (χ4n) is 1.77. The van der Waals surface area contributed by atoms with Gasteiger partial charge in [0.05, 0.1) is 0 Å². The Balaban J connectivity index is 2.80. The first kappa shape index (κ1) is 11.0. The lowest BCUT2D eigenvalue weighted by atomic mass is 9.98. The molecule has 0 amide bonds. The molecule has 1 aromatic carbocycles. The molecule has 2 aromatic rings. The average molecular weight is 226 g/mol. The molecule has 0 fully saturated rings. The highest BCUT2D eigenvalue weighted by atomic mass is 16.3. The highest BCUT2D eigenvalue weighted by Crippen LogP contribution is 2.27. The fourth-order valence-corrected chi connectivity index (χ4v) is 1.77. The third-order valence-corrected chi connectivity index (χ3v) is 2.54. The standard InChI is InChI=1S/C13H10N2O2/c1-8-7-15-13(17)11(6-14)12(8)9-3-2-4-10(16)5-9/h2-5,7,16H,1H3,(H,15,17). The highest BCUT2D eigenvalue weighted by molar-refractivity contribution is 5.73. The van der Waals surface area contributed by atoms with E-state index in [2.05, 4.69) is 4.98 Å². The van der Waals surface area contributed by atoms with Crippen molar-refractivity contribution >= 4 is 0 Å². The molecule has 2 rings (SSSR count). The molecule has 0 bridgehead atoms. The number of nitrogens with zero attached hydrogens (tertiary/aromatic N) is 1. The van der Waals surface area contributed by atoms with Crippen LogP contribution >= 0.6 is 0 Å². The van der Waals surface area contributed by atoms with E-state index < -0.39 is 5.56 Å². The van der Waals surface area contributed by atoms with Gasteiger partial charge in [-0.05, 0) is 30.2 Å². The Labute approximate surface area is 97.8 Å². The fraction of sp³-hybridized carbons (Fsp3) is 0.0769. The molecule has 4 heteroatoms. The van der Waals surface area contributed by atoms with E-state index in [1.54, 1.807) is 25.3 Å². The number of phenols is 1. The molecule has 0 saturated carbocycles. The van der Waals surface area contributed by atoms with Crippen molar-refractivity contribution in [3.8, 4) is 22.9 Å². The molecule has 0 spiro atoms. The number of rotatable bonds is 1. The smallest absolute Gasteiger partial charge is 0.266 e. The minimum absolute atomic E-state index is 0.0654. The number of aromatic nitrogens is 1. The number of benzene rings is 1. The van der Waals surface area contributed by atoms with Gasteiger partial charge in [-0.2, -0.15) is 5.26 Å². The molecule has 0 saturated heterocycles. The Hall–Kier alpha value is -2.54. The summed E-state index contributed by atoms with van der Waals surface area (Å²) < 4.78 is 0. The molecule has 0 aliphatic heterocycles. The van der Waals surface area contributed by atoms with Crippen LogP contribution in [0.1, 0.15) is 11.1 Å². The number of pyridine rings is 1. The first-order valence-electron chi connectivity index (χ1n) is 5.05. The zero-order valence-corrected chi connectivity index (χ0v) is 9.19. The zero-order valence-electron chi connectivity index (χ0n) is 9.19. The van der Waals surface area contributed by atoms with E-state index in [0.717, 1.165) is 5.56 Å². The molecule has 0 radical (unpaired) electrons. The number of nitriles is 1. The van der Waals surface area contributed by atoms with Gasteiger partial charge in [-0.1, -0.05) is 12.1 Å². The number of hydrogen-bond acceptors (Lipinski definition) is 3. The number of aromatic amines is 1. The second kappa shape index (κ2) is 4.14. The summed E-state index contributed by atoms with van der Waals surface area (Å²) in [6.07, 6.45) is 1.56. The summed E-state index contributed by atoms with van der Waals surface area (Å²) in [5.41, 5.74) is 1.65. The van der Waals surface area contributed by atoms with Gasteiger partial charge in [0, 0.05) is 11.8 Å². The van der Waals surface area contributed by atoms with Crippen molar-refractivity contribution in [2.24, 2.45) is 0 Å². The summed E-state index contributed by atoms with van der Waals surface area (Å²) in [6, 6.07) is 8.39. The molecule has 0 atom stereocenters. The van der Waals surface area contributed by atoms with Crippen LogP contribution in [0, 0.1) is 18.3 Å². The lowest BCUT2D eigenvalue weighted by molar-refractivity contribution is 0.475. The van der Waals surface area contributed by atoms with Gasteiger partial charge in [-0.15, -0.1) is 0 Å². The van der Waals surface area contributed by atoms with Crippen LogP contribution in [0.5, 0.6) is 5.75 Å². The van der Waals surface area contributed by atoms with E-state index in [4.69, 9.17) is 5.26 Å². The SMILES string of the molecule is Cc1c[nH]c(=O)c(C#N)c1-c1cccc(O)c1. The summed E-state index contributed by atoms with van der Waals surface area (Å²) in [7, 11) is 0. The number of phenolic OH excluding ortho intramolecular Hbond substituents is 1. The Morgan fingerprint density at radius 2 is 2.18 bits per heavy atom. The van der Waals surface area contributed by atoms with Crippen molar-refractivity contribution < 1.29 is 5.11 Å². The summed E-state index contributed by atoms with van der Waals surface area (Å²) in [5, 5.41) is 18.5. The first-order valence-corrected chi connectivity index (χ1v) is 5.05. The third kappa shape index (κ3) is 1.91. The average Bonchev–Trinajstić information content (AvgIpc) is 2.31. The quantitative estimate of drug-likeness (QED) is 0.779. The molecule has 17 heavy (non-hydrogen) atoms. The number of H-pyrrole nitrogens is 1. The van der Waals surface area contributed by atoms with Crippen molar-refractivity contribution in [1.82, 2.24) is 4.98 Å². The van der Waals surface area contributed by atoms with Crippen LogP contribution in [-0.2, 0) is 0 Å². The van der Waals surface area contributed by atoms with Crippen molar-refractivity contribution in [2.45, 2.75) is 6.92 Å². The van der Waals surface area contributed by atoms with Crippen LogP contribution in [0.4, 0.5) is 0 Å². The largest absolute Gasteiger partial charge is 0.508 e. The van der Waals surface area contributed by atoms with E-state index in [9.17, 15) is 9.90 Å². The van der Waals surface area contributed by atoms with Crippen LogP contribution in [0.15, 0.2) is 35.3 Å². The van der Waals surface area contributed by atoms with Crippen LogP contribution in [0.3, 0.4) is 0 Å². The molecule has 1 aromatic heterocycles. The maximum Gasteiger partial charge on any atom is 0.266 e. The van der Waals surface area contributed by atoms with Gasteiger partial charge in [-0.25, -0.2) is 0 Å². The van der Waals surface area contributed by atoms with E-state index in [1.165, 1.54) is 12.1 Å². The van der Waals surface area contributed by atoms with E-state index >= 15 is 0 Å². The van der Waals surface area contributed by atoms with Crippen molar-refractivity contribution in [2.75, 3.05) is 0 Å². The van der Waals surface area contributed by atoms with Gasteiger partial charge in [-0.3, -0.25) is 4.79 Å². The highest BCUT2D eigenvalue weighted by Gasteiger charge is 2.12. The molecule has 2 N–H and O–H groups in total. The molecular weight excluding hydrogens is 216 g/mol. The van der Waals surface area contributed by atoms with Gasteiger partial charge < -0.3 is 10.1 Å². The molecule has 84 valence electrons. The number of nitrogens with one attached hydrogen (secondary N) is 1.